The lowest BCUT2D eigenvalue weighted by Crippen LogP contribution is -2.31. The van der Waals surface area contributed by atoms with Crippen molar-refractivity contribution in [2.24, 2.45) is 5.84 Å². The first-order valence-corrected chi connectivity index (χ1v) is 6.90. The number of rotatable bonds is 3. The first kappa shape index (κ1) is 13.7. The summed E-state index contributed by atoms with van der Waals surface area (Å²) < 4.78 is 2.08. The van der Waals surface area contributed by atoms with E-state index in [1.54, 1.807) is 6.07 Å². The number of benzene rings is 2. The number of nitrogens with zero attached hydrogens (tertiary/aromatic N) is 1. The van der Waals surface area contributed by atoms with E-state index in [-0.39, 0.29) is 5.91 Å². The molecule has 3 N–H and O–H groups in total. The molecule has 0 saturated heterocycles. The van der Waals surface area contributed by atoms with E-state index in [9.17, 15) is 4.79 Å². The minimum absolute atomic E-state index is 0.287. The van der Waals surface area contributed by atoms with Gasteiger partial charge < -0.3 is 4.57 Å². The Hall–Kier alpha value is -2.30. The Bertz CT molecular complexity index is 810. The van der Waals surface area contributed by atoms with Gasteiger partial charge in [-0.15, -0.1) is 0 Å². The number of carbonyl (C=O) groups is 1. The van der Waals surface area contributed by atoms with Crippen LogP contribution in [-0.4, -0.2) is 10.5 Å². The van der Waals surface area contributed by atoms with E-state index in [1.807, 2.05) is 48.7 Å². The van der Waals surface area contributed by atoms with Gasteiger partial charge in [-0.25, -0.2) is 5.84 Å². The van der Waals surface area contributed by atoms with Crippen molar-refractivity contribution in [3.05, 3.63) is 70.9 Å². The summed E-state index contributed by atoms with van der Waals surface area (Å²) in [6.07, 6.45) is 1.98. The topological polar surface area (TPSA) is 60.0 Å². The highest BCUT2D eigenvalue weighted by Gasteiger charge is 2.10. The summed E-state index contributed by atoms with van der Waals surface area (Å²) in [6.45, 7) is 0.592. The van der Waals surface area contributed by atoms with Crippen LogP contribution in [0.2, 0.25) is 5.02 Å². The van der Waals surface area contributed by atoms with Gasteiger partial charge in [-0.1, -0.05) is 29.8 Å². The normalized spacial score (nSPS) is 10.8. The second-order valence-electron chi connectivity index (χ2n) is 4.78. The van der Waals surface area contributed by atoms with Crippen LogP contribution in [-0.2, 0) is 6.54 Å². The third-order valence-electron chi connectivity index (χ3n) is 3.47. The SMILES string of the molecule is NNC(=O)c1ccccc1Cn1ccc2cc(Cl)ccc21. The van der Waals surface area contributed by atoms with Crippen molar-refractivity contribution in [1.82, 2.24) is 9.99 Å². The van der Waals surface area contributed by atoms with Crippen LogP contribution in [0.25, 0.3) is 10.9 Å². The summed E-state index contributed by atoms with van der Waals surface area (Å²) in [4.78, 5) is 11.8. The molecule has 106 valence electrons. The Morgan fingerprint density at radius 3 is 2.81 bits per heavy atom. The summed E-state index contributed by atoms with van der Waals surface area (Å²) in [5.74, 6) is 4.95. The predicted octanol–water partition coefficient (Wildman–Crippen LogP) is 2.95. The van der Waals surface area contributed by atoms with Gasteiger partial charge in [0.2, 0.25) is 0 Å². The number of nitrogens with two attached hydrogens (primary N) is 1. The van der Waals surface area contributed by atoms with Crippen LogP contribution < -0.4 is 11.3 Å². The van der Waals surface area contributed by atoms with E-state index in [2.05, 4.69) is 9.99 Å². The molecule has 1 heterocycles. The third kappa shape index (κ3) is 2.63. The van der Waals surface area contributed by atoms with Gasteiger partial charge in [0.25, 0.3) is 5.91 Å². The number of fused-ring (bicyclic) bond motifs is 1. The second-order valence-corrected chi connectivity index (χ2v) is 5.21. The molecular weight excluding hydrogens is 286 g/mol. The number of aromatic nitrogens is 1. The molecule has 1 aromatic heterocycles. The van der Waals surface area contributed by atoms with E-state index < -0.39 is 0 Å². The highest BCUT2D eigenvalue weighted by molar-refractivity contribution is 6.31. The van der Waals surface area contributed by atoms with Crippen LogP contribution in [0.15, 0.2) is 54.7 Å². The molecule has 0 saturated carbocycles. The maximum Gasteiger partial charge on any atom is 0.265 e. The summed E-state index contributed by atoms with van der Waals surface area (Å²) in [7, 11) is 0. The Morgan fingerprint density at radius 1 is 1.19 bits per heavy atom. The van der Waals surface area contributed by atoms with Crippen molar-refractivity contribution in [3.63, 3.8) is 0 Å². The fraction of sp³-hybridized carbons (Fsp3) is 0.0625. The number of nitrogens with one attached hydrogen (secondary N) is 1. The van der Waals surface area contributed by atoms with Crippen molar-refractivity contribution >= 4 is 28.4 Å². The van der Waals surface area contributed by atoms with Crippen LogP contribution in [0.1, 0.15) is 15.9 Å². The van der Waals surface area contributed by atoms with Gasteiger partial charge in [0.1, 0.15) is 0 Å². The van der Waals surface area contributed by atoms with E-state index in [4.69, 9.17) is 17.4 Å². The van der Waals surface area contributed by atoms with E-state index in [0.717, 1.165) is 16.5 Å². The second kappa shape index (κ2) is 5.60. The van der Waals surface area contributed by atoms with Gasteiger partial charge >= 0.3 is 0 Å². The first-order valence-electron chi connectivity index (χ1n) is 6.52. The molecule has 0 spiro atoms. The smallest absolute Gasteiger partial charge is 0.265 e. The minimum atomic E-state index is -0.287. The summed E-state index contributed by atoms with van der Waals surface area (Å²) >= 11 is 6.00. The molecule has 0 fully saturated rings. The largest absolute Gasteiger partial charge is 0.343 e. The molecule has 2 aromatic carbocycles. The summed E-state index contributed by atoms with van der Waals surface area (Å²) in [5.41, 5.74) is 4.74. The standard InChI is InChI=1S/C16H14ClN3O/c17-13-5-6-15-11(9-13)7-8-20(15)10-12-3-1-2-4-14(12)16(21)19-18/h1-9H,10,18H2,(H,19,21). The quantitative estimate of drug-likeness (QED) is 0.444. The number of halogens is 1. The molecule has 21 heavy (non-hydrogen) atoms. The third-order valence-corrected chi connectivity index (χ3v) is 3.70. The van der Waals surface area contributed by atoms with Crippen LogP contribution in [0.4, 0.5) is 0 Å². The van der Waals surface area contributed by atoms with Crippen LogP contribution in [0, 0.1) is 0 Å². The molecule has 0 radical (unpaired) electrons. The van der Waals surface area contributed by atoms with Crippen molar-refractivity contribution in [2.45, 2.75) is 6.54 Å². The van der Waals surface area contributed by atoms with E-state index in [1.165, 1.54) is 0 Å². The summed E-state index contributed by atoms with van der Waals surface area (Å²) in [5, 5.41) is 1.78. The lowest BCUT2D eigenvalue weighted by molar-refractivity contribution is 0.0952. The minimum Gasteiger partial charge on any atom is -0.343 e. The lowest BCUT2D eigenvalue weighted by Gasteiger charge is -2.10. The van der Waals surface area contributed by atoms with Crippen LogP contribution >= 0.6 is 11.6 Å². The molecule has 3 aromatic rings. The van der Waals surface area contributed by atoms with Crippen molar-refractivity contribution in [1.29, 1.82) is 0 Å². The van der Waals surface area contributed by atoms with Crippen molar-refractivity contribution in [3.8, 4) is 0 Å². The average molecular weight is 300 g/mol. The molecule has 5 heteroatoms. The average Bonchev–Trinajstić information content (AvgIpc) is 2.89. The van der Waals surface area contributed by atoms with E-state index in [0.29, 0.717) is 17.1 Å². The van der Waals surface area contributed by atoms with Gasteiger partial charge in [-0.3, -0.25) is 10.2 Å². The molecule has 3 rings (SSSR count). The molecule has 0 atom stereocenters. The zero-order valence-electron chi connectivity index (χ0n) is 11.2. The number of hydrazine groups is 1. The van der Waals surface area contributed by atoms with Gasteiger partial charge in [-0.2, -0.15) is 0 Å². The van der Waals surface area contributed by atoms with E-state index >= 15 is 0 Å². The molecule has 4 nitrogen and oxygen atoms in total. The maximum absolute atomic E-state index is 11.8. The monoisotopic (exact) mass is 299 g/mol. The number of carbonyl (C=O) groups excluding carboxylic acids is 1. The van der Waals surface area contributed by atoms with Gasteiger partial charge in [0, 0.05) is 34.2 Å². The van der Waals surface area contributed by atoms with Crippen LogP contribution in [0.3, 0.4) is 0 Å². The van der Waals surface area contributed by atoms with Gasteiger partial charge in [-0.05, 0) is 35.9 Å². The number of nitrogen functional groups attached to an aromatic ring is 1. The Balaban J connectivity index is 2.01. The molecule has 0 aliphatic heterocycles. The molecule has 0 bridgehead atoms. The predicted molar refractivity (Wildman–Crippen MR) is 84.1 cm³/mol. The van der Waals surface area contributed by atoms with Crippen molar-refractivity contribution in [2.75, 3.05) is 0 Å². The maximum atomic E-state index is 11.8. The first-order chi connectivity index (χ1) is 10.2. The number of hydrogen-bond donors (Lipinski definition) is 2. The highest BCUT2D eigenvalue weighted by atomic mass is 35.5. The molecule has 0 aliphatic rings. The van der Waals surface area contributed by atoms with Gasteiger partial charge in [0.15, 0.2) is 0 Å². The van der Waals surface area contributed by atoms with Crippen LogP contribution in [0.5, 0.6) is 0 Å². The molecule has 0 unspecified atom stereocenters. The Kier molecular flexibility index (Phi) is 3.64. The zero-order chi connectivity index (χ0) is 14.8. The zero-order valence-corrected chi connectivity index (χ0v) is 12.0. The highest BCUT2D eigenvalue weighted by Crippen LogP contribution is 2.22. The lowest BCUT2D eigenvalue weighted by atomic mass is 10.1. The number of hydrogen-bond acceptors (Lipinski definition) is 2. The Morgan fingerprint density at radius 2 is 2.00 bits per heavy atom. The fourth-order valence-corrected chi connectivity index (χ4v) is 2.63. The van der Waals surface area contributed by atoms with Gasteiger partial charge in [0.05, 0.1) is 0 Å². The van der Waals surface area contributed by atoms with Crippen molar-refractivity contribution < 1.29 is 4.79 Å². The summed E-state index contributed by atoms with van der Waals surface area (Å²) in [6, 6.07) is 15.2. The Labute approximate surface area is 127 Å². The number of amides is 1. The fourth-order valence-electron chi connectivity index (χ4n) is 2.45. The molecular formula is C16H14ClN3O. The molecule has 0 aliphatic carbocycles. The molecule has 1 amide bonds.